The zero-order valence-corrected chi connectivity index (χ0v) is 17.3. The number of fused-ring (bicyclic) bond motifs is 1. The Bertz CT molecular complexity index is 1390. The maximum absolute atomic E-state index is 12.5. The Morgan fingerprint density at radius 2 is 1.66 bits per heavy atom. The van der Waals surface area contributed by atoms with Crippen LogP contribution in [0, 0.1) is 0 Å². The van der Waals surface area contributed by atoms with Gasteiger partial charge >= 0.3 is 21.8 Å². The summed E-state index contributed by atoms with van der Waals surface area (Å²) in [5.41, 5.74) is 0.685. The third-order valence-corrected chi connectivity index (χ3v) is 5.55. The van der Waals surface area contributed by atoms with Crippen LogP contribution in [-0.4, -0.2) is 32.6 Å². The number of aromatic nitrogens is 1. The first kappa shape index (κ1) is 21.2. The van der Waals surface area contributed by atoms with Gasteiger partial charge in [0.25, 0.3) is 0 Å². The lowest BCUT2D eigenvalue weighted by molar-refractivity contribution is 0.0450. The van der Waals surface area contributed by atoms with Crippen LogP contribution in [0.2, 0.25) is 0 Å². The Balaban J connectivity index is 1.35. The highest BCUT2D eigenvalue weighted by Crippen LogP contribution is 2.22. The van der Waals surface area contributed by atoms with Crippen molar-refractivity contribution in [3.05, 3.63) is 88.9 Å². The van der Waals surface area contributed by atoms with Crippen LogP contribution in [0.4, 0.5) is 0 Å². The molecule has 164 valence electrons. The number of hydrogen-bond donors (Lipinski definition) is 1. The molecule has 0 aliphatic rings. The van der Waals surface area contributed by atoms with Crippen LogP contribution in [0.5, 0.6) is 11.5 Å². The number of ether oxygens (including phenoxy) is 2. The normalized spacial score (nSPS) is 11.2. The largest absolute Gasteiger partial charge is 0.490 e. The fraction of sp³-hybridized carbons (Fsp3) is 0.0909. The Hall–Kier alpha value is -4.05. The first-order valence-electron chi connectivity index (χ1n) is 9.43. The Morgan fingerprint density at radius 1 is 0.906 bits per heavy atom. The highest BCUT2D eigenvalue weighted by atomic mass is 32.2. The highest BCUT2D eigenvalue weighted by Gasteiger charge is 2.19. The van der Waals surface area contributed by atoms with Gasteiger partial charge in [-0.2, -0.15) is 8.42 Å². The average molecular weight is 455 g/mol. The summed E-state index contributed by atoms with van der Waals surface area (Å²) >= 11 is 0. The monoisotopic (exact) mass is 455 g/mol. The number of carbonyl (C=O) groups excluding carboxylic acids is 1. The molecule has 0 atom stereocenters. The van der Waals surface area contributed by atoms with E-state index in [9.17, 15) is 18.0 Å². The summed E-state index contributed by atoms with van der Waals surface area (Å²) in [6.07, 6.45) is 0. The van der Waals surface area contributed by atoms with Crippen molar-refractivity contribution in [2.45, 2.75) is 4.90 Å². The van der Waals surface area contributed by atoms with Crippen molar-refractivity contribution in [1.82, 2.24) is 4.98 Å². The molecule has 0 unspecified atom stereocenters. The first-order valence-corrected chi connectivity index (χ1v) is 10.8. The molecule has 0 radical (unpaired) electrons. The van der Waals surface area contributed by atoms with Crippen LogP contribution in [0.3, 0.4) is 0 Å². The van der Waals surface area contributed by atoms with E-state index < -0.39 is 21.8 Å². The molecule has 0 aliphatic heterocycles. The molecule has 0 spiro atoms. The molecular weight excluding hydrogens is 438 g/mol. The topological polar surface area (TPSA) is 125 Å². The van der Waals surface area contributed by atoms with Crippen LogP contribution in [0.15, 0.2) is 86.9 Å². The molecule has 3 aromatic carbocycles. The van der Waals surface area contributed by atoms with Gasteiger partial charge in [-0.1, -0.05) is 18.2 Å². The summed E-state index contributed by atoms with van der Waals surface area (Å²) in [7, 11) is -4.18. The first-order chi connectivity index (χ1) is 15.4. The summed E-state index contributed by atoms with van der Waals surface area (Å²) in [4.78, 5) is 25.6. The van der Waals surface area contributed by atoms with Gasteiger partial charge in [0.05, 0.1) is 11.1 Å². The van der Waals surface area contributed by atoms with E-state index >= 15 is 0 Å². The summed E-state index contributed by atoms with van der Waals surface area (Å²) in [6.45, 7) is 0.249. The molecule has 32 heavy (non-hydrogen) atoms. The number of nitrogens with one attached hydrogen (secondary N) is 1. The molecule has 0 fully saturated rings. The minimum absolute atomic E-state index is 0.00424. The van der Waals surface area contributed by atoms with E-state index in [0.29, 0.717) is 11.3 Å². The minimum Gasteiger partial charge on any atom is -0.490 e. The molecule has 0 saturated carbocycles. The molecule has 9 nitrogen and oxygen atoms in total. The van der Waals surface area contributed by atoms with E-state index in [1.165, 1.54) is 42.5 Å². The molecule has 1 heterocycles. The van der Waals surface area contributed by atoms with Crippen molar-refractivity contribution in [2.24, 2.45) is 0 Å². The van der Waals surface area contributed by atoms with Crippen molar-refractivity contribution in [2.75, 3.05) is 13.2 Å². The summed E-state index contributed by atoms with van der Waals surface area (Å²) in [6, 6.07) is 18.4. The number of benzene rings is 3. The Labute approximate surface area is 182 Å². The van der Waals surface area contributed by atoms with E-state index in [4.69, 9.17) is 18.1 Å². The molecule has 4 aromatic rings. The van der Waals surface area contributed by atoms with Gasteiger partial charge in [-0.15, -0.1) is 0 Å². The van der Waals surface area contributed by atoms with Crippen molar-refractivity contribution in [3.63, 3.8) is 0 Å². The minimum atomic E-state index is -4.18. The number of esters is 1. The molecule has 0 saturated heterocycles. The van der Waals surface area contributed by atoms with Gasteiger partial charge < -0.3 is 18.1 Å². The van der Waals surface area contributed by atoms with Crippen molar-refractivity contribution < 1.29 is 31.3 Å². The molecular formula is C22H17NO8S. The second-order valence-electron chi connectivity index (χ2n) is 6.53. The number of hydrogen-bond acceptors (Lipinski definition) is 8. The van der Waals surface area contributed by atoms with Crippen LogP contribution in [-0.2, 0) is 14.9 Å². The smallest absolute Gasteiger partial charge is 0.417 e. The maximum atomic E-state index is 12.5. The molecule has 4 rings (SSSR count). The van der Waals surface area contributed by atoms with E-state index in [0.717, 1.165) is 0 Å². The van der Waals surface area contributed by atoms with Crippen LogP contribution >= 0.6 is 0 Å². The van der Waals surface area contributed by atoms with Gasteiger partial charge in [-0.05, 0) is 48.5 Å². The highest BCUT2D eigenvalue weighted by molar-refractivity contribution is 7.87. The Kier molecular flexibility index (Phi) is 5.95. The van der Waals surface area contributed by atoms with E-state index in [-0.39, 0.29) is 35.0 Å². The predicted molar refractivity (Wildman–Crippen MR) is 113 cm³/mol. The lowest BCUT2D eigenvalue weighted by atomic mass is 10.2. The number of oxazole rings is 1. The molecule has 1 aromatic heterocycles. The number of para-hydroxylation sites is 1. The second-order valence-corrected chi connectivity index (χ2v) is 8.08. The zero-order valence-electron chi connectivity index (χ0n) is 16.5. The summed E-state index contributed by atoms with van der Waals surface area (Å²) < 4.78 is 45.6. The van der Waals surface area contributed by atoms with E-state index in [2.05, 4.69) is 4.98 Å². The predicted octanol–water partition coefficient (Wildman–Crippen LogP) is 3.12. The fourth-order valence-electron chi connectivity index (χ4n) is 2.80. The number of rotatable bonds is 8. The fourth-order valence-corrected chi connectivity index (χ4v) is 3.74. The zero-order chi connectivity index (χ0) is 22.6. The van der Waals surface area contributed by atoms with Crippen LogP contribution in [0.25, 0.3) is 11.1 Å². The number of carbonyl (C=O) groups is 1. The third kappa shape index (κ3) is 4.98. The van der Waals surface area contributed by atoms with Gasteiger partial charge in [0, 0.05) is 6.07 Å². The van der Waals surface area contributed by atoms with E-state index in [1.54, 1.807) is 12.1 Å². The number of H-pyrrole nitrogens is 1. The van der Waals surface area contributed by atoms with Gasteiger partial charge in [-0.3, -0.25) is 4.98 Å². The van der Waals surface area contributed by atoms with Gasteiger partial charge in [-0.25, -0.2) is 9.59 Å². The standard InChI is InChI=1S/C22H17NO8S/c24-21(29-13-12-28-16-4-2-1-3-5-16)15-6-8-17(9-7-15)31-32(26,27)18-10-11-19-20(14-18)30-22(25)23-19/h1-11,14H,12-13H2,(H,23,25). The van der Waals surface area contributed by atoms with Crippen LogP contribution in [0.1, 0.15) is 10.4 Å². The maximum Gasteiger partial charge on any atom is 0.417 e. The average Bonchev–Trinajstić information content (AvgIpc) is 3.17. The number of aromatic amines is 1. The van der Waals surface area contributed by atoms with Gasteiger partial charge in [0.2, 0.25) is 0 Å². The lowest BCUT2D eigenvalue weighted by Crippen LogP contribution is -2.13. The molecule has 0 bridgehead atoms. The van der Waals surface area contributed by atoms with E-state index in [1.807, 2.05) is 18.2 Å². The van der Waals surface area contributed by atoms with Crippen LogP contribution < -0.4 is 14.7 Å². The molecule has 0 amide bonds. The van der Waals surface area contributed by atoms with Gasteiger partial charge in [0.1, 0.15) is 29.6 Å². The van der Waals surface area contributed by atoms with Crippen molar-refractivity contribution in [1.29, 1.82) is 0 Å². The lowest BCUT2D eigenvalue weighted by Gasteiger charge is -2.09. The summed E-state index contributed by atoms with van der Waals surface area (Å²) in [5.74, 6) is -0.595. The third-order valence-electron chi connectivity index (χ3n) is 4.31. The quantitative estimate of drug-likeness (QED) is 0.244. The van der Waals surface area contributed by atoms with Crippen molar-refractivity contribution in [3.8, 4) is 11.5 Å². The van der Waals surface area contributed by atoms with Gasteiger partial charge in [0.15, 0.2) is 5.58 Å². The molecule has 1 N–H and O–H groups in total. The molecule has 10 heteroatoms. The molecule has 0 aliphatic carbocycles. The van der Waals surface area contributed by atoms with Crippen molar-refractivity contribution >= 4 is 27.2 Å². The second kappa shape index (κ2) is 8.98. The summed E-state index contributed by atoms with van der Waals surface area (Å²) in [5, 5.41) is 0. The Morgan fingerprint density at radius 3 is 2.41 bits per heavy atom. The SMILES string of the molecule is O=C(OCCOc1ccccc1)c1ccc(OS(=O)(=O)c2ccc3[nH]c(=O)oc3c2)cc1.